The summed E-state index contributed by atoms with van der Waals surface area (Å²) >= 11 is 0. The number of hydrogen-bond donors (Lipinski definition) is 0. The largest absolute Gasteiger partial charge is 0.240 e. The zero-order chi connectivity index (χ0) is 17.9. The van der Waals surface area contributed by atoms with Crippen molar-refractivity contribution < 1.29 is 0 Å². The average Bonchev–Trinajstić information content (AvgIpc) is 3.15. The Balaban J connectivity index is 1.79. The molecule has 0 radical (unpaired) electrons. The van der Waals surface area contributed by atoms with Crippen LogP contribution in [0, 0.1) is 13.8 Å². The van der Waals surface area contributed by atoms with E-state index in [-0.39, 0.29) is 6.04 Å². The van der Waals surface area contributed by atoms with Crippen LogP contribution in [0.4, 0.5) is 0 Å². The summed E-state index contributed by atoms with van der Waals surface area (Å²) in [6.45, 7) is 4.21. The highest BCUT2D eigenvalue weighted by Crippen LogP contribution is 2.28. The lowest BCUT2D eigenvalue weighted by molar-refractivity contribution is 0.571. The quantitative estimate of drug-likeness (QED) is 0.511. The van der Waals surface area contributed by atoms with Crippen molar-refractivity contribution in [3.05, 3.63) is 107 Å². The standard InChI is InChI=1S/C23H21N3/c1-17-8-12-20(13-9-17)23(21-14-10-18(2)11-15-21)26-16-22(24-25-26)19-6-4-3-5-7-19/h3-16,23H,1-2H3. The molecule has 3 nitrogen and oxygen atoms in total. The van der Waals surface area contributed by atoms with Crippen LogP contribution < -0.4 is 0 Å². The summed E-state index contributed by atoms with van der Waals surface area (Å²) in [6, 6.07) is 27.4. The molecule has 1 heterocycles. The van der Waals surface area contributed by atoms with E-state index in [0.717, 1.165) is 11.3 Å². The fourth-order valence-electron chi connectivity index (χ4n) is 3.14. The van der Waals surface area contributed by atoms with Crippen molar-refractivity contribution >= 4 is 0 Å². The third kappa shape index (κ3) is 3.29. The summed E-state index contributed by atoms with van der Waals surface area (Å²) in [5.74, 6) is 0. The minimum Gasteiger partial charge on any atom is -0.240 e. The molecular weight excluding hydrogens is 318 g/mol. The second kappa shape index (κ2) is 6.96. The van der Waals surface area contributed by atoms with Crippen molar-refractivity contribution in [1.29, 1.82) is 0 Å². The Bertz CT molecular complexity index is 938. The zero-order valence-electron chi connectivity index (χ0n) is 15.0. The first-order valence-electron chi connectivity index (χ1n) is 8.81. The molecule has 0 amide bonds. The van der Waals surface area contributed by atoms with Crippen LogP contribution in [0.3, 0.4) is 0 Å². The molecule has 4 aromatic rings. The lowest BCUT2D eigenvalue weighted by atomic mass is 9.97. The lowest BCUT2D eigenvalue weighted by Gasteiger charge is -2.18. The second-order valence-electron chi connectivity index (χ2n) is 6.67. The molecule has 0 bridgehead atoms. The third-order valence-electron chi connectivity index (χ3n) is 4.63. The van der Waals surface area contributed by atoms with Crippen molar-refractivity contribution in [2.24, 2.45) is 0 Å². The van der Waals surface area contributed by atoms with E-state index < -0.39 is 0 Å². The molecule has 0 N–H and O–H groups in total. The molecule has 0 fully saturated rings. The Morgan fingerprint density at radius 2 is 1.23 bits per heavy atom. The average molecular weight is 339 g/mol. The van der Waals surface area contributed by atoms with E-state index in [1.807, 2.05) is 29.1 Å². The smallest absolute Gasteiger partial charge is 0.113 e. The fourth-order valence-corrected chi connectivity index (χ4v) is 3.14. The molecule has 1 aromatic heterocycles. The van der Waals surface area contributed by atoms with Gasteiger partial charge in [-0.05, 0) is 25.0 Å². The van der Waals surface area contributed by atoms with E-state index in [9.17, 15) is 0 Å². The summed E-state index contributed by atoms with van der Waals surface area (Å²) in [7, 11) is 0. The molecule has 0 aliphatic heterocycles. The highest BCUT2D eigenvalue weighted by Gasteiger charge is 2.18. The molecule has 0 saturated carbocycles. The van der Waals surface area contributed by atoms with Gasteiger partial charge in [0, 0.05) is 5.56 Å². The van der Waals surface area contributed by atoms with E-state index in [4.69, 9.17) is 0 Å². The zero-order valence-corrected chi connectivity index (χ0v) is 15.0. The number of aromatic nitrogens is 3. The minimum absolute atomic E-state index is 0.00108. The maximum Gasteiger partial charge on any atom is 0.113 e. The molecule has 0 aliphatic carbocycles. The molecule has 3 aromatic carbocycles. The van der Waals surface area contributed by atoms with Gasteiger partial charge in [0.15, 0.2) is 0 Å². The lowest BCUT2D eigenvalue weighted by Crippen LogP contribution is -2.13. The molecule has 0 aliphatic rings. The summed E-state index contributed by atoms with van der Waals surface area (Å²) in [6.07, 6.45) is 2.03. The van der Waals surface area contributed by atoms with Gasteiger partial charge in [0.05, 0.1) is 6.20 Å². The maximum atomic E-state index is 4.46. The number of rotatable bonds is 4. The highest BCUT2D eigenvalue weighted by molar-refractivity contribution is 5.57. The van der Waals surface area contributed by atoms with Gasteiger partial charge in [0.1, 0.15) is 11.7 Å². The SMILES string of the molecule is Cc1ccc(C(c2ccc(C)cc2)n2cc(-c3ccccc3)nn2)cc1. The molecule has 128 valence electrons. The van der Waals surface area contributed by atoms with Crippen LogP contribution >= 0.6 is 0 Å². The van der Waals surface area contributed by atoms with E-state index in [1.54, 1.807) is 0 Å². The van der Waals surface area contributed by atoms with Crippen LogP contribution in [0.25, 0.3) is 11.3 Å². The van der Waals surface area contributed by atoms with Gasteiger partial charge in [0.25, 0.3) is 0 Å². The van der Waals surface area contributed by atoms with Gasteiger partial charge in [-0.3, -0.25) is 0 Å². The van der Waals surface area contributed by atoms with Gasteiger partial charge >= 0.3 is 0 Å². The van der Waals surface area contributed by atoms with Crippen molar-refractivity contribution in [2.45, 2.75) is 19.9 Å². The van der Waals surface area contributed by atoms with Gasteiger partial charge in [-0.15, -0.1) is 5.10 Å². The Kier molecular flexibility index (Phi) is 4.36. The van der Waals surface area contributed by atoms with Crippen LogP contribution in [0.1, 0.15) is 28.3 Å². The van der Waals surface area contributed by atoms with Gasteiger partial charge < -0.3 is 0 Å². The normalized spacial score (nSPS) is 11.0. The molecular formula is C23H21N3. The van der Waals surface area contributed by atoms with Crippen LogP contribution in [-0.2, 0) is 0 Å². The number of benzene rings is 3. The van der Waals surface area contributed by atoms with Crippen molar-refractivity contribution in [3.8, 4) is 11.3 Å². The molecule has 0 spiro atoms. The Labute approximate surface area is 153 Å². The molecule has 3 heteroatoms. The van der Waals surface area contributed by atoms with Gasteiger partial charge in [0.2, 0.25) is 0 Å². The summed E-state index contributed by atoms with van der Waals surface area (Å²) < 4.78 is 1.96. The Morgan fingerprint density at radius 1 is 0.692 bits per heavy atom. The first-order valence-corrected chi connectivity index (χ1v) is 8.81. The predicted octanol–water partition coefficient (Wildman–Crippen LogP) is 5.20. The predicted molar refractivity (Wildman–Crippen MR) is 105 cm³/mol. The van der Waals surface area contributed by atoms with E-state index in [0.29, 0.717) is 0 Å². The van der Waals surface area contributed by atoms with Gasteiger partial charge in [-0.1, -0.05) is 95.2 Å². The number of nitrogens with zero attached hydrogens (tertiary/aromatic N) is 3. The third-order valence-corrected chi connectivity index (χ3v) is 4.63. The van der Waals surface area contributed by atoms with Crippen LogP contribution in [0.5, 0.6) is 0 Å². The second-order valence-corrected chi connectivity index (χ2v) is 6.67. The molecule has 4 rings (SSSR count). The fraction of sp³-hybridized carbons (Fsp3) is 0.130. The summed E-state index contributed by atoms with van der Waals surface area (Å²) in [4.78, 5) is 0. The Morgan fingerprint density at radius 3 is 1.77 bits per heavy atom. The molecule has 26 heavy (non-hydrogen) atoms. The minimum atomic E-state index is 0.00108. The Hall–Kier alpha value is -3.20. The summed E-state index contributed by atoms with van der Waals surface area (Å²) in [5, 5.41) is 8.86. The molecule has 0 saturated heterocycles. The maximum absolute atomic E-state index is 4.46. The van der Waals surface area contributed by atoms with E-state index >= 15 is 0 Å². The first kappa shape index (κ1) is 16.3. The van der Waals surface area contributed by atoms with E-state index in [2.05, 4.69) is 84.8 Å². The highest BCUT2D eigenvalue weighted by atomic mass is 15.4. The van der Waals surface area contributed by atoms with Crippen molar-refractivity contribution in [3.63, 3.8) is 0 Å². The van der Waals surface area contributed by atoms with Crippen molar-refractivity contribution in [1.82, 2.24) is 15.0 Å². The van der Waals surface area contributed by atoms with E-state index in [1.165, 1.54) is 22.3 Å². The molecule has 0 atom stereocenters. The van der Waals surface area contributed by atoms with Crippen LogP contribution in [-0.4, -0.2) is 15.0 Å². The number of hydrogen-bond acceptors (Lipinski definition) is 2. The first-order chi connectivity index (χ1) is 12.7. The number of aryl methyl sites for hydroxylation is 2. The van der Waals surface area contributed by atoms with Gasteiger partial charge in [-0.2, -0.15) is 0 Å². The van der Waals surface area contributed by atoms with Gasteiger partial charge in [-0.25, -0.2) is 4.68 Å². The van der Waals surface area contributed by atoms with Crippen molar-refractivity contribution in [2.75, 3.05) is 0 Å². The topological polar surface area (TPSA) is 30.7 Å². The summed E-state index contributed by atoms with van der Waals surface area (Å²) in [5.41, 5.74) is 6.85. The monoisotopic (exact) mass is 339 g/mol. The van der Waals surface area contributed by atoms with Crippen LogP contribution in [0.15, 0.2) is 85.1 Å². The molecule has 0 unspecified atom stereocenters. The van der Waals surface area contributed by atoms with Crippen LogP contribution in [0.2, 0.25) is 0 Å².